The van der Waals surface area contributed by atoms with E-state index in [2.05, 4.69) is 0 Å². The molecule has 4 heteroatoms. The fraction of sp³-hybridized carbons (Fsp3) is 0.0769. The molecule has 0 radical (unpaired) electrons. The summed E-state index contributed by atoms with van der Waals surface area (Å²) in [5.41, 5.74) is 7.01. The van der Waals surface area contributed by atoms with Crippen molar-refractivity contribution in [2.24, 2.45) is 0 Å². The molecule has 2 N–H and O–H groups in total. The van der Waals surface area contributed by atoms with Crippen molar-refractivity contribution >= 4 is 17.3 Å². The third-order valence-corrected chi connectivity index (χ3v) is 2.56. The molecule has 0 aromatic heterocycles. The van der Waals surface area contributed by atoms with Crippen LogP contribution in [0, 0.1) is 12.7 Å². The number of halogens is 2. The second-order valence-electron chi connectivity index (χ2n) is 3.73. The van der Waals surface area contributed by atoms with E-state index < -0.39 is 5.82 Å². The highest BCUT2D eigenvalue weighted by Gasteiger charge is 2.08. The minimum Gasteiger partial charge on any atom is -0.453 e. The minimum atomic E-state index is -0.427. The van der Waals surface area contributed by atoms with Crippen molar-refractivity contribution in [3.05, 3.63) is 52.8 Å². The molecule has 0 saturated heterocycles. The largest absolute Gasteiger partial charge is 0.453 e. The van der Waals surface area contributed by atoms with Gasteiger partial charge in [0.1, 0.15) is 5.75 Å². The van der Waals surface area contributed by atoms with Crippen molar-refractivity contribution < 1.29 is 9.13 Å². The van der Waals surface area contributed by atoms with Crippen molar-refractivity contribution in [3.63, 3.8) is 0 Å². The lowest BCUT2D eigenvalue weighted by Gasteiger charge is -2.09. The van der Waals surface area contributed by atoms with Gasteiger partial charge in [-0.05, 0) is 42.8 Å². The number of aryl methyl sites for hydroxylation is 1. The first kappa shape index (κ1) is 11.7. The molecular formula is C13H11ClFNO. The molecule has 17 heavy (non-hydrogen) atoms. The highest BCUT2D eigenvalue weighted by atomic mass is 35.5. The monoisotopic (exact) mass is 251 g/mol. The lowest BCUT2D eigenvalue weighted by atomic mass is 10.2. The third kappa shape index (κ3) is 2.68. The van der Waals surface area contributed by atoms with Crippen LogP contribution in [-0.2, 0) is 0 Å². The second-order valence-corrected chi connectivity index (χ2v) is 4.13. The predicted molar refractivity (Wildman–Crippen MR) is 67.1 cm³/mol. The van der Waals surface area contributed by atoms with Gasteiger partial charge in [-0.2, -0.15) is 0 Å². The normalized spacial score (nSPS) is 10.3. The van der Waals surface area contributed by atoms with E-state index in [1.165, 1.54) is 6.07 Å². The summed E-state index contributed by atoms with van der Waals surface area (Å²) in [7, 11) is 0. The summed E-state index contributed by atoms with van der Waals surface area (Å²) in [6, 6.07) is 9.46. The Labute approximate surface area is 104 Å². The van der Waals surface area contributed by atoms with Crippen LogP contribution < -0.4 is 10.5 Å². The van der Waals surface area contributed by atoms with Gasteiger partial charge in [-0.3, -0.25) is 0 Å². The molecule has 0 aliphatic rings. The van der Waals surface area contributed by atoms with Crippen molar-refractivity contribution in [1.82, 2.24) is 0 Å². The van der Waals surface area contributed by atoms with Gasteiger partial charge in [-0.15, -0.1) is 0 Å². The van der Waals surface area contributed by atoms with Gasteiger partial charge in [-0.1, -0.05) is 17.7 Å². The number of ether oxygens (including phenoxy) is 1. The molecule has 2 rings (SSSR count). The van der Waals surface area contributed by atoms with Crippen LogP contribution in [0.1, 0.15) is 5.56 Å². The topological polar surface area (TPSA) is 35.2 Å². The SMILES string of the molecule is Cc1ccc(F)c(Oc2ccc(N)cc2Cl)c1. The van der Waals surface area contributed by atoms with Crippen molar-refractivity contribution in [1.29, 1.82) is 0 Å². The number of anilines is 1. The molecular weight excluding hydrogens is 241 g/mol. The highest BCUT2D eigenvalue weighted by Crippen LogP contribution is 2.32. The fourth-order valence-electron chi connectivity index (χ4n) is 1.41. The van der Waals surface area contributed by atoms with Crippen LogP contribution in [0.15, 0.2) is 36.4 Å². The summed E-state index contributed by atoms with van der Waals surface area (Å²) in [6.07, 6.45) is 0. The summed E-state index contributed by atoms with van der Waals surface area (Å²) in [5, 5.41) is 0.353. The summed E-state index contributed by atoms with van der Waals surface area (Å²) in [6.45, 7) is 1.86. The molecule has 0 spiro atoms. The zero-order chi connectivity index (χ0) is 12.4. The van der Waals surface area contributed by atoms with Crippen LogP contribution in [0.25, 0.3) is 0 Å². The zero-order valence-corrected chi connectivity index (χ0v) is 9.96. The van der Waals surface area contributed by atoms with E-state index in [0.717, 1.165) is 5.56 Å². The Hall–Kier alpha value is -1.74. The van der Waals surface area contributed by atoms with Gasteiger partial charge in [0.2, 0.25) is 0 Å². The van der Waals surface area contributed by atoms with E-state index in [0.29, 0.717) is 16.5 Å². The first-order valence-electron chi connectivity index (χ1n) is 5.05. The summed E-state index contributed by atoms with van der Waals surface area (Å²) < 4.78 is 18.9. The van der Waals surface area contributed by atoms with Gasteiger partial charge in [-0.25, -0.2) is 4.39 Å². The van der Waals surface area contributed by atoms with E-state index >= 15 is 0 Å². The number of rotatable bonds is 2. The van der Waals surface area contributed by atoms with E-state index in [9.17, 15) is 4.39 Å². The van der Waals surface area contributed by atoms with E-state index in [4.69, 9.17) is 22.1 Å². The Morgan fingerprint density at radius 1 is 1.12 bits per heavy atom. The predicted octanol–water partition coefficient (Wildman–Crippen LogP) is 4.16. The highest BCUT2D eigenvalue weighted by molar-refractivity contribution is 6.32. The van der Waals surface area contributed by atoms with Crippen molar-refractivity contribution in [3.8, 4) is 11.5 Å². The third-order valence-electron chi connectivity index (χ3n) is 2.26. The fourth-order valence-corrected chi connectivity index (χ4v) is 1.63. The van der Waals surface area contributed by atoms with Crippen LogP contribution in [0.3, 0.4) is 0 Å². The first-order chi connectivity index (χ1) is 8.06. The Balaban J connectivity index is 2.34. The van der Waals surface area contributed by atoms with Crippen molar-refractivity contribution in [2.45, 2.75) is 6.92 Å². The zero-order valence-electron chi connectivity index (χ0n) is 9.21. The maximum Gasteiger partial charge on any atom is 0.165 e. The lowest BCUT2D eigenvalue weighted by molar-refractivity contribution is 0.442. The van der Waals surface area contributed by atoms with Gasteiger partial charge in [0.15, 0.2) is 11.6 Å². The molecule has 0 fully saturated rings. The van der Waals surface area contributed by atoms with Crippen molar-refractivity contribution in [2.75, 3.05) is 5.73 Å². The smallest absolute Gasteiger partial charge is 0.165 e. The average Bonchev–Trinajstić information content (AvgIpc) is 2.27. The number of nitrogen functional groups attached to an aromatic ring is 1. The van der Waals surface area contributed by atoms with Crippen LogP contribution >= 0.6 is 11.6 Å². The van der Waals surface area contributed by atoms with Crippen LogP contribution in [0.2, 0.25) is 5.02 Å². The first-order valence-corrected chi connectivity index (χ1v) is 5.43. The molecule has 2 nitrogen and oxygen atoms in total. The maximum atomic E-state index is 13.5. The molecule has 0 atom stereocenters. The summed E-state index contributed by atoms with van der Waals surface area (Å²) >= 11 is 5.94. The van der Waals surface area contributed by atoms with Gasteiger partial charge in [0.05, 0.1) is 5.02 Å². The Morgan fingerprint density at radius 3 is 2.59 bits per heavy atom. The standard InChI is InChI=1S/C13H11ClFNO/c1-8-2-4-11(15)13(6-8)17-12-5-3-9(16)7-10(12)14/h2-7H,16H2,1H3. The number of hydrogen-bond acceptors (Lipinski definition) is 2. The van der Waals surface area contributed by atoms with Gasteiger partial charge < -0.3 is 10.5 Å². The number of nitrogens with two attached hydrogens (primary N) is 1. The second kappa shape index (κ2) is 4.63. The van der Waals surface area contributed by atoms with E-state index in [-0.39, 0.29) is 5.75 Å². The summed E-state index contributed by atoms with van der Waals surface area (Å²) in [5.74, 6) is 0.102. The minimum absolute atomic E-state index is 0.150. The molecule has 0 amide bonds. The molecule has 2 aromatic rings. The lowest BCUT2D eigenvalue weighted by Crippen LogP contribution is -1.91. The Bertz CT molecular complexity index is 557. The molecule has 0 aliphatic heterocycles. The Morgan fingerprint density at radius 2 is 1.88 bits per heavy atom. The Kier molecular flexibility index (Phi) is 3.20. The number of benzene rings is 2. The van der Waals surface area contributed by atoms with Crippen LogP contribution in [0.4, 0.5) is 10.1 Å². The molecule has 0 bridgehead atoms. The number of hydrogen-bond donors (Lipinski definition) is 1. The van der Waals surface area contributed by atoms with Gasteiger partial charge in [0, 0.05) is 5.69 Å². The molecule has 2 aromatic carbocycles. The molecule has 88 valence electrons. The average molecular weight is 252 g/mol. The van der Waals surface area contributed by atoms with E-state index in [1.54, 1.807) is 30.3 Å². The molecule has 0 unspecified atom stereocenters. The summed E-state index contributed by atoms with van der Waals surface area (Å²) in [4.78, 5) is 0. The van der Waals surface area contributed by atoms with Gasteiger partial charge >= 0.3 is 0 Å². The quantitative estimate of drug-likeness (QED) is 0.814. The molecule has 0 saturated carbocycles. The van der Waals surface area contributed by atoms with Gasteiger partial charge in [0.25, 0.3) is 0 Å². The molecule has 0 aliphatic carbocycles. The van der Waals surface area contributed by atoms with Crippen LogP contribution in [0.5, 0.6) is 11.5 Å². The van der Waals surface area contributed by atoms with Crippen LogP contribution in [-0.4, -0.2) is 0 Å². The molecule has 0 heterocycles. The maximum absolute atomic E-state index is 13.5. The van der Waals surface area contributed by atoms with E-state index in [1.807, 2.05) is 6.92 Å².